The normalized spacial score (nSPS) is 23.0. The largest absolute Gasteiger partial charge is 0.481 e. The van der Waals surface area contributed by atoms with E-state index < -0.39 is 23.7 Å². The van der Waals surface area contributed by atoms with Gasteiger partial charge in [0.25, 0.3) is 5.92 Å². The summed E-state index contributed by atoms with van der Waals surface area (Å²) in [6, 6.07) is 1.32. The zero-order valence-electron chi connectivity index (χ0n) is 12.0. The summed E-state index contributed by atoms with van der Waals surface area (Å²) < 4.78 is 29.2. The van der Waals surface area contributed by atoms with Gasteiger partial charge in [0.05, 0.1) is 5.92 Å². The molecule has 0 unspecified atom stereocenters. The molecular weight excluding hydrogens is 298 g/mol. The molecule has 0 bridgehead atoms. The minimum Gasteiger partial charge on any atom is -0.481 e. The third-order valence-electron chi connectivity index (χ3n) is 3.95. The van der Waals surface area contributed by atoms with Gasteiger partial charge in [-0.3, -0.25) is 4.79 Å². The molecule has 0 atom stereocenters. The molecule has 1 fully saturated rings. The van der Waals surface area contributed by atoms with E-state index in [-0.39, 0.29) is 18.5 Å². The Bertz CT molecular complexity index is 532. The maximum atomic E-state index is 14.6. The Kier molecular flexibility index (Phi) is 4.81. The van der Waals surface area contributed by atoms with Gasteiger partial charge in [-0.2, -0.15) is 8.78 Å². The number of carboxylic acids is 1. The van der Waals surface area contributed by atoms with Gasteiger partial charge < -0.3 is 5.11 Å². The lowest BCUT2D eigenvalue weighted by atomic mass is 9.78. The van der Waals surface area contributed by atoms with Crippen LogP contribution in [0.4, 0.5) is 8.78 Å². The molecule has 116 valence electrons. The molecule has 0 radical (unpaired) electrons. The van der Waals surface area contributed by atoms with E-state index in [1.807, 2.05) is 0 Å². The summed E-state index contributed by atoms with van der Waals surface area (Å²) in [5.41, 5.74) is 0.265. The van der Waals surface area contributed by atoms with E-state index in [4.69, 9.17) is 5.11 Å². The molecule has 1 aromatic heterocycles. The zero-order chi connectivity index (χ0) is 15.6. The fourth-order valence-electron chi connectivity index (χ4n) is 2.72. The van der Waals surface area contributed by atoms with Gasteiger partial charge in [0, 0.05) is 11.6 Å². The average molecular weight is 316 g/mol. The van der Waals surface area contributed by atoms with Crippen molar-refractivity contribution < 1.29 is 18.7 Å². The first kappa shape index (κ1) is 16.1. The summed E-state index contributed by atoms with van der Waals surface area (Å²) in [5, 5.41) is 9.28. The Labute approximate surface area is 126 Å². The van der Waals surface area contributed by atoms with Crippen molar-refractivity contribution in [2.45, 2.75) is 43.7 Å². The summed E-state index contributed by atoms with van der Waals surface area (Å²) in [6.07, 6.45) is 2.77. The van der Waals surface area contributed by atoms with E-state index in [1.165, 1.54) is 17.8 Å². The number of aryl methyl sites for hydroxylation is 1. The fraction of sp³-hybridized carbons (Fsp3) is 0.643. The van der Waals surface area contributed by atoms with Crippen molar-refractivity contribution >= 4 is 17.7 Å². The van der Waals surface area contributed by atoms with Crippen LogP contribution in [0.3, 0.4) is 0 Å². The van der Waals surface area contributed by atoms with Crippen LogP contribution in [-0.2, 0) is 10.7 Å². The SMILES string of the molecule is CSc1nc(C)cc(C(F)(F)C2CCC(C(=O)O)CC2)n1. The van der Waals surface area contributed by atoms with Crippen molar-refractivity contribution in [1.82, 2.24) is 9.97 Å². The van der Waals surface area contributed by atoms with Crippen molar-refractivity contribution in [2.75, 3.05) is 6.26 Å². The quantitative estimate of drug-likeness (QED) is 0.680. The predicted octanol–water partition coefficient (Wildman–Crippen LogP) is 3.49. The van der Waals surface area contributed by atoms with Crippen LogP contribution in [0.2, 0.25) is 0 Å². The van der Waals surface area contributed by atoms with E-state index >= 15 is 0 Å². The second-order valence-corrected chi connectivity index (χ2v) is 6.16. The smallest absolute Gasteiger partial charge is 0.306 e. The predicted molar refractivity (Wildman–Crippen MR) is 75.5 cm³/mol. The number of halogens is 2. The average Bonchev–Trinajstić information content (AvgIpc) is 2.46. The molecule has 0 spiro atoms. The van der Waals surface area contributed by atoms with Crippen LogP contribution in [0.1, 0.15) is 37.1 Å². The number of aromatic nitrogens is 2. The third kappa shape index (κ3) is 3.51. The summed E-state index contributed by atoms with van der Waals surface area (Å²) in [7, 11) is 0. The van der Waals surface area contributed by atoms with Crippen LogP contribution in [0, 0.1) is 18.8 Å². The van der Waals surface area contributed by atoms with E-state index in [1.54, 1.807) is 13.2 Å². The van der Waals surface area contributed by atoms with Crippen molar-refractivity contribution in [1.29, 1.82) is 0 Å². The van der Waals surface area contributed by atoms with E-state index in [2.05, 4.69) is 9.97 Å². The number of rotatable bonds is 4. The first-order valence-electron chi connectivity index (χ1n) is 6.85. The number of hydrogen-bond donors (Lipinski definition) is 1. The highest BCUT2D eigenvalue weighted by molar-refractivity contribution is 7.98. The molecule has 2 rings (SSSR count). The molecule has 1 aliphatic carbocycles. The van der Waals surface area contributed by atoms with Gasteiger partial charge >= 0.3 is 5.97 Å². The number of thioether (sulfide) groups is 1. The highest BCUT2D eigenvalue weighted by Crippen LogP contribution is 2.44. The molecule has 0 amide bonds. The monoisotopic (exact) mass is 316 g/mol. The highest BCUT2D eigenvalue weighted by atomic mass is 32.2. The van der Waals surface area contributed by atoms with Gasteiger partial charge in [-0.15, -0.1) is 0 Å². The zero-order valence-corrected chi connectivity index (χ0v) is 12.8. The minimum absolute atomic E-state index is 0.210. The number of hydrogen-bond acceptors (Lipinski definition) is 4. The van der Waals surface area contributed by atoms with Crippen molar-refractivity contribution in [3.63, 3.8) is 0 Å². The Balaban J connectivity index is 2.18. The summed E-state index contributed by atoms with van der Waals surface area (Å²) >= 11 is 1.23. The van der Waals surface area contributed by atoms with Gasteiger partial charge in [-0.05, 0) is 44.9 Å². The van der Waals surface area contributed by atoms with Gasteiger partial charge in [-0.25, -0.2) is 9.97 Å². The summed E-state index contributed by atoms with van der Waals surface area (Å²) in [6.45, 7) is 1.67. The van der Waals surface area contributed by atoms with Crippen molar-refractivity contribution in [3.8, 4) is 0 Å². The lowest BCUT2D eigenvalue weighted by Gasteiger charge is -2.32. The van der Waals surface area contributed by atoms with E-state index in [9.17, 15) is 13.6 Å². The van der Waals surface area contributed by atoms with E-state index in [0.717, 1.165) is 0 Å². The van der Waals surface area contributed by atoms with Gasteiger partial charge in [0.2, 0.25) is 0 Å². The van der Waals surface area contributed by atoms with Crippen LogP contribution in [0.25, 0.3) is 0 Å². The molecule has 1 heterocycles. The molecule has 4 nitrogen and oxygen atoms in total. The molecule has 1 aromatic rings. The Morgan fingerprint density at radius 3 is 2.48 bits per heavy atom. The molecule has 7 heteroatoms. The minimum atomic E-state index is -3.04. The lowest BCUT2D eigenvalue weighted by molar-refractivity contribution is -0.145. The first-order valence-corrected chi connectivity index (χ1v) is 8.07. The molecule has 1 saturated carbocycles. The summed E-state index contributed by atoms with van der Waals surface area (Å²) in [5.74, 6) is -5.27. The van der Waals surface area contributed by atoms with E-state index in [0.29, 0.717) is 23.7 Å². The molecular formula is C14H18F2N2O2S. The fourth-order valence-corrected chi connectivity index (χ4v) is 3.14. The number of carboxylic acid groups (broad SMARTS) is 1. The van der Waals surface area contributed by atoms with Gasteiger partial charge in [-0.1, -0.05) is 11.8 Å². The van der Waals surface area contributed by atoms with Crippen LogP contribution >= 0.6 is 11.8 Å². The first-order chi connectivity index (χ1) is 9.84. The number of alkyl halides is 2. The Morgan fingerprint density at radius 1 is 1.33 bits per heavy atom. The van der Waals surface area contributed by atoms with Crippen molar-refractivity contribution in [3.05, 3.63) is 17.5 Å². The van der Waals surface area contributed by atoms with Crippen LogP contribution < -0.4 is 0 Å². The van der Waals surface area contributed by atoms with Gasteiger partial charge in [0.1, 0.15) is 5.69 Å². The van der Waals surface area contributed by atoms with Gasteiger partial charge in [0.15, 0.2) is 5.16 Å². The Hall–Kier alpha value is -1.24. The van der Waals surface area contributed by atoms with Crippen molar-refractivity contribution in [2.24, 2.45) is 11.8 Å². The topological polar surface area (TPSA) is 63.1 Å². The molecule has 0 aromatic carbocycles. The molecule has 0 aliphatic heterocycles. The number of aliphatic carboxylic acids is 1. The number of nitrogens with zero attached hydrogens (tertiary/aromatic N) is 2. The molecule has 1 N–H and O–H groups in total. The van der Waals surface area contributed by atoms with Crippen LogP contribution in [0.5, 0.6) is 0 Å². The Morgan fingerprint density at radius 2 is 1.95 bits per heavy atom. The van der Waals surface area contributed by atoms with Crippen LogP contribution in [-0.4, -0.2) is 27.3 Å². The summed E-state index contributed by atoms with van der Waals surface area (Å²) in [4.78, 5) is 18.9. The highest BCUT2D eigenvalue weighted by Gasteiger charge is 2.45. The second kappa shape index (κ2) is 6.25. The second-order valence-electron chi connectivity index (χ2n) is 5.39. The molecule has 21 heavy (non-hydrogen) atoms. The third-order valence-corrected chi connectivity index (χ3v) is 4.49. The van der Waals surface area contributed by atoms with Crippen LogP contribution in [0.15, 0.2) is 11.2 Å². The standard InChI is InChI=1S/C14H18F2N2O2S/c1-8-7-11(18-13(17-8)21-2)14(15,16)10-5-3-9(4-6-10)12(19)20/h7,9-10H,3-6H2,1-2H3,(H,19,20). The maximum absolute atomic E-state index is 14.6. The maximum Gasteiger partial charge on any atom is 0.306 e. The lowest BCUT2D eigenvalue weighted by Crippen LogP contribution is -2.32. The number of carbonyl (C=O) groups is 1. The molecule has 1 aliphatic rings. The molecule has 0 saturated heterocycles.